The zero-order chi connectivity index (χ0) is 35.8. The van der Waals surface area contributed by atoms with Gasteiger partial charge in [-0.2, -0.15) is 0 Å². The van der Waals surface area contributed by atoms with Crippen LogP contribution in [0.15, 0.2) is 212 Å². The van der Waals surface area contributed by atoms with E-state index in [4.69, 9.17) is 0 Å². The largest absolute Gasteiger partial charge is 0.309 e. The molecule has 0 N–H and O–H groups in total. The van der Waals surface area contributed by atoms with Crippen molar-refractivity contribution in [3.05, 3.63) is 212 Å². The molecule has 254 valence electrons. The van der Waals surface area contributed by atoms with Crippen LogP contribution in [-0.4, -0.2) is 0 Å². The molecule has 0 bridgehead atoms. The molecule has 1 heterocycles. The Balaban J connectivity index is 1.24. The quantitative estimate of drug-likeness (QED) is 0.160. The van der Waals surface area contributed by atoms with Crippen LogP contribution in [0.3, 0.4) is 0 Å². The Morgan fingerprint density at radius 1 is 0.333 bits per heavy atom. The standard InChI is InChI=1S/C52H35NS/c1-4-14-36(15-5-1)38-24-26-40(27-25-38)51-48(32-33-50-52(51)46-21-11-13-23-49(46)54-50)53(47-22-12-10-20-45(47)39-18-8-3-9-19-39)44-31-30-42-34-41(28-29-43(42)35-44)37-16-6-2-7-17-37/h1-35H. The average molecular weight is 706 g/mol. The van der Waals surface area contributed by atoms with E-state index in [0.717, 1.165) is 17.1 Å². The van der Waals surface area contributed by atoms with Crippen LogP contribution in [0.4, 0.5) is 17.1 Å². The van der Waals surface area contributed by atoms with Crippen molar-refractivity contribution in [2.24, 2.45) is 0 Å². The zero-order valence-electron chi connectivity index (χ0n) is 29.6. The number of hydrogen-bond donors (Lipinski definition) is 0. The van der Waals surface area contributed by atoms with Crippen LogP contribution >= 0.6 is 11.3 Å². The number of anilines is 3. The Bertz CT molecular complexity index is 2910. The summed E-state index contributed by atoms with van der Waals surface area (Å²) >= 11 is 1.87. The Labute approximate surface area is 319 Å². The molecule has 2 heteroatoms. The van der Waals surface area contributed by atoms with Gasteiger partial charge in [-0.1, -0.05) is 170 Å². The molecule has 0 atom stereocenters. The predicted octanol–water partition coefficient (Wildman–Crippen LogP) is 15.3. The van der Waals surface area contributed by atoms with Gasteiger partial charge in [-0.3, -0.25) is 0 Å². The lowest BCUT2D eigenvalue weighted by Gasteiger charge is -2.30. The monoisotopic (exact) mass is 705 g/mol. The maximum Gasteiger partial charge on any atom is 0.0547 e. The summed E-state index contributed by atoms with van der Waals surface area (Å²) in [6.07, 6.45) is 0. The third-order valence-electron chi connectivity index (χ3n) is 10.5. The van der Waals surface area contributed by atoms with E-state index in [9.17, 15) is 0 Å². The second-order valence-electron chi connectivity index (χ2n) is 13.7. The molecular formula is C52H35NS. The SMILES string of the molecule is c1ccc(-c2ccc(-c3c(N(c4ccc5cc(-c6ccccc6)ccc5c4)c4ccccc4-c4ccccc4)ccc4sc5ccccc5c34)cc2)cc1. The Morgan fingerprint density at radius 2 is 0.889 bits per heavy atom. The van der Waals surface area contributed by atoms with E-state index < -0.39 is 0 Å². The van der Waals surface area contributed by atoms with Crippen molar-refractivity contribution in [3.63, 3.8) is 0 Å². The lowest BCUT2D eigenvalue weighted by atomic mass is 9.93. The molecule has 0 aliphatic heterocycles. The molecule has 54 heavy (non-hydrogen) atoms. The van der Waals surface area contributed by atoms with E-state index in [1.165, 1.54) is 75.5 Å². The van der Waals surface area contributed by atoms with E-state index in [1.54, 1.807) is 0 Å². The molecule has 0 unspecified atom stereocenters. The van der Waals surface area contributed by atoms with Crippen LogP contribution in [0.1, 0.15) is 0 Å². The topological polar surface area (TPSA) is 3.24 Å². The first kappa shape index (κ1) is 32.0. The highest BCUT2D eigenvalue weighted by Crippen LogP contribution is 2.50. The van der Waals surface area contributed by atoms with Gasteiger partial charge in [0, 0.05) is 37.0 Å². The molecule has 0 aliphatic carbocycles. The van der Waals surface area contributed by atoms with Gasteiger partial charge in [-0.15, -0.1) is 11.3 Å². The average Bonchev–Trinajstić information content (AvgIpc) is 3.63. The number of hydrogen-bond acceptors (Lipinski definition) is 2. The molecule has 1 nitrogen and oxygen atoms in total. The van der Waals surface area contributed by atoms with Gasteiger partial charge in [0.05, 0.1) is 11.4 Å². The third kappa shape index (κ3) is 5.74. The molecule has 0 fully saturated rings. The summed E-state index contributed by atoms with van der Waals surface area (Å²) in [5, 5.41) is 4.98. The summed E-state index contributed by atoms with van der Waals surface area (Å²) in [5.74, 6) is 0. The molecule has 0 aliphatic rings. The molecule has 0 amide bonds. The van der Waals surface area contributed by atoms with Gasteiger partial charge in [-0.25, -0.2) is 0 Å². The number of benzene rings is 9. The van der Waals surface area contributed by atoms with E-state index >= 15 is 0 Å². The Hall–Kier alpha value is -6.74. The summed E-state index contributed by atoms with van der Waals surface area (Å²) in [4.78, 5) is 2.49. The predicted molar refractivity (Wildman–Crippen MR) is 233 cm³/mol. The number of thiophene rings is 1. The van der Waals surface area contributed by atoms with E-state index in [-0.39, 0.29) is 0 Å². The van der Waals surface area contributed by atoms with Crippen LogP contribution in [0.5, 0.6) is 0 Å². The summed E-state index contributed by atoms with van der Waals surface area (Å²) in [6, 6.07) is 77.2. The first-order chi connectivity index (χ1) is 26.8. The van der Waals surface area contributed by atoms with Crippen molar-refractivity contribution >= 4 is 59.3 Å². The van der Waals surface area contributed by atoms with Gasteiger partial charge in [0.25, 0.3) is 0 Å². The molecular weight excluding hydrogens is 671 g/mol. The maximum absolute atomic E-state index is 2.49. The molecule has 0 radical (unpaired) electrons. The van der Waals surface area contributed by atoms with Gasteiger partial charge in [-0.05, 0) is 86.6 Å². The van der Waals surface area contributed by atoms with Gasteiger partial charge < -0.3 is 4.90 Å². The third-order valence-corrected chi connectivity index (χ3v) is 11.6. The lowest BCUT2D eigenvalue weighted by molar-refractivity contribution is 1.29. The summed E-state index contributed by atoms with van der Waals surface area (Å²) in [5.41, 5.74) is 13.0. The van der Waals surface area contributed by atoms with Crippen LogP contribution in [0, 0.1) is 0 Å². The summed E-state index contributed by atoms with van der Waals surface area (Å²) in [6.45, 7) is 0. The number of para-hydroxylation sites is 1. The fourth-order valence-electron chi connectivity index (χ4n) is 7.86. The van der Waals surface area contributed by atoms with E-state index in [2.05, 4.69) is 217 Å². The van der Waals surface area contributed by atoms with Crippen molar-refractivity contribution in [2.75, 3.05) is 4.90 Å². The fraction of sp³-hybridized carbons (Fsp3) is 0. The molecule has 0 spiro atoms. The minimum atomic E-state index is 1.11. The highest BCUT2D eigenvalue weighted by molar-refractivity contribution is 7.26. The van der Waals surface area contributed by atoms with Crippen molar-refractivity contribution in [1.82, 2.24) is 0 Å². The number of rotatable bonds is 7. The molecule has 0 saturated heterocycles. The molecule has 9 aromatic carbocycles. The lowest BCUT2D eigenvalue weighted by Crippen LogP contribution is -2.12. The van der Waals surface area contributed by atoms with Crippen LogP contribution in [-0.2, 0) is 0 Å². The smallest absolute Gasteiger partial charge is 0.0547 e. The number of fused-ring (bicyclic) bond motifs is 4. The summed E-state index contributed by atoms with van der Waals surface area (Å²) < 4.78 is 2.58. The van der Waals surface area contributed by atoms with E-state index in [0.29, 0.717) is 0 Å². The first-order valence-corrected chi connectivity index (χ1v) is 19.2. The second-order valence-corrected chi connectivity index (χ2v) is 14.8. The minimum absolute atomic E-state index is 1.11. The molecule has 1 aromatic heterocycles. The second kappa shape index (κ2) is 13.7. The normalized spacial score (nSPS) is 11.3. The van der Waals surface area contributed by atoms with Crippen molar-refractivity contribution in [3.8, 4) is 44.5 Å². The fourth-order valence-corrected chi connectivity index (χ4v) is 8.98. The maximum atomic E-state index is 2.49. The Morgan fingerprint density at radius 3 is 1.65 bits per heavy atom. The van der Waals surface area contributed by atoms with E-state index in [1.807, 2.05) is 11.3 Å². The zero-order valence-corrected chi connectivity index (χ0v) is 30.4. The summed E-state index contributed by atoms with van der Waals surface area (Å²) in [7, 11) is 0. The van der Waals surface area contributed by atoms with Crippen LogP contribution in [0.25, 0.3) is 75.5 Å². The molecule has 0 saturated carbocycles. The van der Waals surface area contributed by atoms with Crippen LogP contribution < -0.4 is 4.90 Å². The van der Waals surface area contributed by atoms with Gasteiger partial charge in [0.1, 0.15) is 0 Å². The Kier molecular flexibility index (Phi) is 8.09. The minimum Gasteiger partial charge on any atom is -0.309 e. The van der Waals surface area contributed by atoms with Gasteiger partial charge >= 0.3 is 0 Å². The van der Waals surface area contributed by atoms with Crippen molar-refractivity contribution in [2.45, 2.75) is 0 Å². The number of nitrogens with zero attached hydrogens (tertiary/aromatic N) is 1. The first-order valence-electron chi connectivity index (χ1n) is 18.4. The van der Waals surface area contributed by atoms with Crippen LogP contribution in [0.2, 0.25) is 0 Å². The highest BCUT2D eigenvalue weighted by Gasteiger charge is 2.24. The van der Waals surface area contributed by atoms with Gasteiger partial charge in [0.15, 0.2) is 0 Å². The van der Waals surface area contributed by atoms with Crippen molar-refractivity contribution in [1.29, 1.82) is 0 Å². The molecule has 10 rings (SSSR count). The molecule has 10 aromatic rings. The highest BCUT2D eigenvalue weighted by atomic mass is 32.1. The van der Waals surface area contributed by atoms with Crippen molar-refractivity contribution < 1.29 is 0 Å². The van der Waals surface area contributed by atoms with Gasteiger partial charge in [0.2, 0.25) is 0 Å².